The molecule has 0 unspecified atom stereocenters. The van der Waals surface area contributed by atoms with Crippen molar-refractivity contribution in [1.29, 1.82) is 0 Å². The summed E-state index contributed by atoms with van der Waals surface area (Å²) in [6.45, 7) is 0. The summed E-state index contributed by atoms with van der Waals surface area (Å²) in [5.41, 5.74) is 0. The third-order valence-electron chi connectivity index (χ3n) is 1.44. The van der Waals surface area contributed by atoms with Gasteiger partial charge in [0.2, 0.25) is 0 Å². The molecule has 1 aromatic carbocycles. The van der Waals surface area contributed by atoms with Crippen molar-refractivity contribution in [3.63, 3.8) is 0 Å². The molecule has 0 aromatic heterocycles. The van der Waals surface area contributed by atoms with Crippen LogP contribution in [0.2, 0.25) is 10.0 Å². The molecule has 0 fully saturated rings. The van der Waals surface area contributed by atoms with Crippen LogP contribution in [-0.4, -0.2) is 13.4 Å². The molecular formula is C8H8Cl2OS. The average molecular weight is 223 g/mol. The van der Waals surface area contributed by atoms with Gasteiger partial charge in [-0.1, -0.05) is 23.2 Å². The van der Waals surface area contributed by atoms with Gasteiger partial charge >= 0.3 is 0 Å². The number of thioether (sulfide) groups is 1. The lowest BCUT2D eigenvalue weighted by Gasteiger charge is -2.07. The zero-order valence-corrected chi connectivity index (χ0v) is 9.06. The first-order chi connectivity index (χ1) is 5.70. The van der Waals surface area contributed by atoms with Crippen molar-refractivity contribution in [2.75, 3.05) is 13.4 Å². The molecule has 66 valence electrons. The Bertz CT molecular complexity index is 289. The Morgan fingerprint density at radius 2 is 2.00 bits per heavy atom. The molecule has 0 bridgehead atoms. The Hall–Kier alpha value is -0.0500. The molecule has 0 saturated carbocycles. The topological polar surface area (TPSA) is 9.23 Å². The first kappa shape index (κ1) is 10.0. The second-order valence-electron chi connectivity index (χ2n) is 2.10. The maximum Gasteiger partial charge on any atom is 0.157 e. The minimum atomic E-state index is 0.542. The SMILES string of the molecule is COc1c(Cl)ccc(SC)c1Cl. The number of methoxy groups -OCH3 is 1. The highest BCUT2D eigenvalue weighted by molar-refractivity contribution is 7.98. The molecule has 0 atom stereocenters. The molecule has 12 heavy (non-hydrogen) atoms. The van der Waals surface area contributed by atoms with Crippen molar-refractivity contribution in [1.82, 2.24) is 0 Å². The van der Waals surface area contributed by atoms with Gasteiger partial charge in [-0.3, -0.25) is 0 Å². The molecule has 4 heteroatoms. The molecule has 0 radical (unpaired) electrons. The quantitative estimate of drug-likeness (QED) is 0.706. The molecule has 1 rings (SSSR count). The molecule has 0 saturated heterocycles. The lowest BCUT2D eigenvalue weighted by Crippen LogP contribution is -1.86. The van der Waals surface area contributed by atoms with Crippen LogP contribution < -0.4 is 4.74 Å². The van der Waals surface area contributed by atoms with Gasteiger partial charge in [0.25, 0.3) is 0 Å². The van der Waals surface area contributed by atoms with E-state index in [1.54, 1.807) is 24.9 Å². The van der Waals surface area contributed by atoms with Crippen LogP contribution in [0, 0.1) is 0 Å². The van der Waals surface area contributed by atoms with Crippen molar-refractivity contribution >= 4 is 35.0 Å². The normalized spacial score (nSPS) is 10.0. The van der Waals surface area contributed by atoms with Crippen molar-refractivity contribution in [2.24, 2.45) is 0 Å². The van der Waals surface area contributed by atoms with E-state index in [1.807, 2.05) is 12.3 Å². The smallest absolute Gasteiger partial charge is 0.157 e. The van der Waals surface area contributed by atoms with E-state index >= 15 is 0 Å². The van der Waals surface area contributed by atoms with Gasteiger partial charge in [0.1, 0.15) is 0 Å². The van der Waals surface area contributed by atoms with Crippen LogP contribution in [0.5, 0.6) is 5.75 Å². The van der Waals surface area contributed by atoms with Crippen molar-refractivity contribution < 1.29 is 4.74 Å². The molecule has 0 aliphatic rings. The molecular weight excluding hydrogens is 215 g/mol. The third-order valence-corrected chi connectivity index (χ3v) is 3.00. The maximum absolute atomic E-state index is 5.98. The van der Waals surface area contributed by atoms with E-state index in [9.17, 15) is 0 Å². The van der Waals surface area contributed by atoms with Crippen LogP contribution >= 0.6 is 35.0 Å². The van der Waals surface area contributed by atoms with Gasteiger partial charge < -0.3 is 4.74 Å². The highest BCUT2D eigenvalue weighted by atomic mass is 35.5. The van der Waals surface area contributed by atoms with Gasteiger partial charge in [0, 0.05) is 4.90 Å². The fraction of sp³-hybridized carbons (Fsp3) is 0.250. The third kappa shape index (κ3) is 1.82. The van der Waals surface area contributed by atoms with Crippen molar-refractivity contribution in [2.45, 2.75) is 4.90 Å². The summed E-state index contributed by atoms with van der Waals surface area (Å²) >= 11 is 13.4. The minimum Gasteiger partial charge on any atom is -0.494 e. The predicted molar refractivity (Wildman–Crippen MR) is 54.8 cm³/mol. The zero-order valence-electron chi connectivity index (χ0n) is 6.73. The van der Waals surface area contributed by atoms with E-state index in [2.05, 4.69) is 0 Å². The highest BCUT2D eigenvalue weighted by Gasteiger charge is 2.09. The number of benzene rings is 1. The first-order valence-electron chi connectivity index (χ1n) is 3.26. The fourth-order valence-corrected chi connectivity index (χ4v) is 2.09. The summed E-state index contributed by atoms with van der Waals surface area (Å²) in [4.78, 5) is 0.970. The van der Waals surface area contributed by atoms with Gasteiger partial charge in [0.05, 0.1) is 17.2 Å². The van der Waals surface area contributed by atoms with E-state index in [1.165, 1.54) is 0 Å². The first-order valence-corrected chi connectivity index (χ1v) is 5.24. The largest absolute Gasteiger partial charge is 0.494 e. The Kier molecular flexibility index (Phi) is 3.56. The van der Waals surface area contributed by atoms with E-state index < -0.39 is 0 Å². The lowest BCUT2D eigenvalue weighted by atomic mass is 10.3. The summed E-state index contributed by atoms with van der Waals surface area (Å²) in [6.07, 6.45) is 1.95. The number of rotatable bonds is 2. The predicted octanol–water partition coefficient (Wildman–Crippen LogP) is 3.72. The Balaban J connectivity index is 3.24. The fourth-order valence-electron chi connectivity index (χ4n) is 0.859. The lowest BCUT2D eigenvalue weighted by molar-refractivity contribution is 0.414. The number of hydrogen-bond donors (Lipinski definition) is 0. The van der Waals surface area contributed by atoms with Crippen LogP contribution in [0.3, 0.4) is 0 Å². The summed E-state index contributed by atoms with van der Waals surface area (Å²) in [6, 6.07) is 3.65. The Morgan fingerprint density at radius 3 is 2.50 bits per heavy atom. The van der Waals surface area contributed by atoms with E-state index in [-0.39, 0.29) is 0 Å². The zero-order chi connectivity index (χ0) is 9.14. The minimum absolute atomic E-state index is 0.542. The molecule has 0 aliphatic carbocycles. The summed E-state index contributed by atoms with van der Waals surface area (Å²) in [7, 11) is 1.55. The van der Waals surface area contributed by atoms with Crippen LogP contribution in [0.1, 0.15) is 0 Å². The van der Waals surface area contributed by atoms with Crippen molar-refractivity contribution in [3.05, 3.63) is 22.2 Å². The second-order valence-corrected chi connectivity index (χ2v) is 3.73. The molecule has 0 aliphatic heterocycles. The van der Waals surface area contributed by atoms with Crippen molar-refractivity contribution in [3.8, 4) is 5.75 Å². The average Bonchev–Trinajstić information content (AvgIpc) is 2.06. The Labute approximate surface area is 86.0 Å². The van der Waals surface area contributed by atoms with Crippen LogP contribution in [-0.2, 0) is 0 Å². The summed E-state index contributed by atoms with van der Waals surface area (Å²) < 4.78 is 5.04. The number of ether oxygens (including phenoxy) is 1. The van der Waals surface area contributed by atoms with Gasteiger partial charge in [0.15, 0.2) is 5.75 Å². The second kappa shape index (κ2) is 4.26. The van der Waals surface area contributed by atoms with E-state index in [0.29, 0.717) is 15.8 Å². The molecule has 0 N–H and O–H groups in total. The summed E-state index contributed by atoms with van der Waals surface area (Å²) in [5.74, 6) is 0.546. The number of halogens is 2. The van der Waals surface area contributed by atoms with Gasteiger partial charge in [-0.05, 0) is 18.4 Å². The molecule has 0 heterocycles. The van der Waals surface area contributed by atoms with E-state index in [0.717, 1.165) is 4.90 Å². The summed E-state index contributed by atoms with van der Waals surface area (Å²) in [5, 5.41) is 1.12. The van der Waals surface area contributed by atoms with Crippen LogP contribution in [0.15, 0.2) is 17.0 Å². The molecule has 0 amide bonds. The van der Waals surface area contributed by atoms with Crippen LogP contribution in [0.25, 0.3) is 0 Å². The van der Waals surface area contributed by atoms with Gasteiger partial charge in [-0.25, -0.2) is 0 Å². The molecule has 0 spiro atoms. The Morgan fingerprint density at radius 1 is 1.33 bits per heavy atom. The van der Waals surface area contributed by atoms with Gasteiger partial charge in [-0.2, -0.15) is 0 Å². The molecule has 1 aromatic rings. The standard InChI is InChI=1S/C8H8Cl2OS/c1-11-8-5(9)3-4-6(12-2)7(8)10/h3-4H,1-2H3. The highest BCUT2D eigenvalue weighted by Crippen LogP contribution is 2.38. The monoisotopic (exact) mass is 222 g/mol. The number of hydrogen-bond acceptors (Lipinski definition) is 2. The maximum atomic E-state index is 5.98. The van der Waals surface area contributed by atoms with Gasteiger partial charge in [-0.15, -0.1) is 11.8 Å². The van der Waals surface area contributed by atoms with Crippen LogP contribution in [0.4, 0.5) is 0 Å². The molecule has 1 nitrogen and oxygen atoms in total. The van der Waals surface area contributed by atoms with E-state index in [4.69, 9.17) is 27.9 Å².